The maximum atomic E-state index is 11.1. The molecule has 0 unspecified atom stereocenters. The van der Waals surface area contributed by atoms with Crippen LogP contribution in [0.3, 0.4) is 0 Å². The molecular formula is C12H16BrN3O. The van der Waals surface area contributed by atoms with Crippen molar-refractivity contribution in [3.8, 4) is 0 Å². The molecule has 1 amide bonds. The largest absolute Gasteiger partial charge is 0.366 e. The number of primary amides is 1. The highest BCUT2D eigenvalue weighted by molar-refractivity contribution is 9.10. The third-order valence-corrected chi connectivity index (χ3v) is 3.75. The van der Waals surface area contributed by atoms with Crippen molar-refractivity contribution in [2.45, 2.75) is 13.0 Å². The Bertz CT molecular complexity index is 432. The lowest BCUT2D eigenvalue weighted by atomic mass is 10.1. The molecule has 17 heavy (non-hydrogen) atoms. The van der Waals surface area contributed by atoms with Gasteiger partial charge in [-0.1, -0.05) is 0 Å². The van der Waals surface area contributed by atoms with Gasteiger partial charge in [0, 0.05) is 29.8 Å². The van der Waals surface area contributed by atoms with Crippen molar-refractivity contribution in [3.05, 3.63) is 28.2 Å². The van der Waals surface area contributed by atoms with Gasteiger partial charge in [-0.2, -0.15) is 0 Å². The Kier molecular flexibility index (Phi) is 3.69. The van der Waals surface area contributed by atoms with Crippen LogP contribution in [0, 0.1) is 0 Å². The topological polar surface area (TPSA) is 58.4 Å². The van der Waals surface area contributed by atoms with E-state index in [1.165, 1.54) is 0 Å². The minimum absolute atomic E-state index is 0.406. The van der Waals surface area contributed by atoms with E-state index in [2.05, 4.69) is 33.1 Å². The summed E-state index contributed by atoms with van der Waals surface area (Å²) >= 11 is 3.39. The molecule has 2 rings (SSSR count). The zero-order chi connectivity index (χ0) is 12.4. The lowest BCUT2D eigenvalue weighted by molar-refractivity contribution is 0.0999. The van der Waals surface area contributed by atoms with Gasteiger partial charge in [0.2, 0.25) is 5.91 Å². The quantitative estimate of drug-likeness (QED) is 0.882. The molecule has 0 atom stereocenters. The fraction of sp³-hybridized carbons (Fsp3) is 0.417. The second kappa shape index (κ2) is 5.06. The highest BCUT2D eigenvalue weighted by Crippen LogP contribution is 2.26. The molecule has 1 fully saturated rings. The Morgan fingerprint density at radius 1 is 1.59 bits per heavy atom. The van der Waals surface area contributed by atoms with E-state index in [9.17, 15) is 4.79 Å². The van der Waals surface area contributed by atoms with E-state index in [1.54, 1.807) is 6.07 Å². The smallest absolute Gasteiger partial charge is 0.249 e. The summed E-state index contributed by atoms with van der Waals surface area (Å²) in [5.74, 6) is -0.406. The second-order valence-electron chi connectivity index (χ2n) is 4.13. The number of nitrogens with zero attached hydrogens (tertiary/aromatic N) is 1. The number of amides is 1. The van der Waals surface area contributed by atoms with Crippen LogP contribution in [0.4, 0.5) is 5.69 Å². The maximum Gasteiger partial charge on any atom is 0.249 e. The van der Waals surface area contributed by atoms with Crippen LogP contribution in [0.5, 0.6) is 0 Å². The summed E-state index contributed by atoms with van der Waals surface area (Å²) in [5.41, 5.74) is 6.92. The summed E-state index contributed by atoms with van der Waals surface area (Å²) in [4.78, 5) is 13.5. The first-order chi connectivity index (χ1) is 8.13. The van der Waals surface area contributed by atoms with Crippen LogP contribution in [0.2, 0.25) is 0 Å². The molecule has 4 nitrogen and oxygen atoms in total. The highest BCUT2D eigenvalue weighted by atomic mass is 79.9. The molecule has 1 aliphatic heterocycles. The van der Waals surface area contributed by atoms with E-state index in [4.69, 9.17) is 5.73 Å². The molecule has 1 heterocycles. The van der Waals surface area contributed by atoms with Crippen LogP contribution in [0.1, 0.15) is 17.3 Å². The Labute approximate surface area is 109 Å². The molecule has 0 spiro atoms. The fourth-order valence-electron chi connectivity index (χ4n) is 2.03. The normalized spacial score (nSPS) is 15.4. The van der Waals surface area contributed by atoms with Crippen LogP contribution in [-0.4, -0.2) is 31.6 Å². The number of nitrogens with two attached hydrogens (primary N) is 1. The molecule has 0 saturated carbocycles. The van der Waals surface area contributed by atoms with Gasteiger partial charge in [0.25, 0.3) is 0 Å². The SMILES string of the molecule is CCN(c1ccc(C(N)=O)c(Br)c1)C1CNC1. The molecule has 1 aliphatic rings. The average molecular weight is 298 g/mol. The minimum atomic E-state index is -0.406. The van der Waals surface area contributed by atoms with Crippen LogP contribution in [-0.2, 0) is 0 Å². The Hall–Kier alpha value is -1.07. The molecule has 0 aromatic heterocycles. The van der Waals surface area contributed by atoms with E-state index in [0.29, 0.717) is 11.6 Å². The van der Waals surface area contributed by atoms with E-state index in [1.807, 2.05) is 12.1 Å². The number of carbonyl (C=O) groups excluding carboxylic acids is 1. The number of hydrogen-bond donors (Lipinski definition) is 2. The van der Waals surface area contributed by atoms with Gasteiger partial charge in [0.15, 0.2) is 0 Å². The van der Waals surface area contributed by atoms with Crippen molar-refractivity contribution in [2.75, 3.05) is 24.5 Å². The van der Waals surface area contributed by atoms with Gasteiger partial charge in [-0.25, -0.2) is 0 Å². The summed E-state index contributed by atoms with van der Waals surface area (Å²) in [6, 6.07) is 6.23. The second-order valence-corrected chi connectivity index (χ2v) is 4.98. The number of likely N-dealkylation sites (N-methyl/N-ethyl adjacent to an activating group) is 1. The minimum Gasteiger partial charge on any atom is -0.366 e. The number of nitrogens with one attached hydrogen (secondary N) is 1. The summed E-state index contributed by atoms with van der Waals surface area (Å²) in [7, 11) is 0. The Morgan fingerprint density at radius 2 is 2.29 bits per heavy atom. The monoisotopic (exact) mass is 297 g/mol. The number of halogens is 1. The molecule has 0 radical (unpaired) electrons. The predicted octanol–water partition coefficient (Wildman–Crippen LogP) is 1.35. The van der Waals surface area contributed by atoms with Gasteiger partial charge in [-0.05, 0) is 41.1 Å². The zero-order valence-electron chi connectivity index (χ0n) is 9.74. The van der Waals surface area contributed by atoms with Crippen LogP contribution >= 0.6 is 15.9 Å². The van der Waals surface area contributed by atoms with Crippen molar-refractivity contribution >= 4 is 27.5 Å². The van der Waals surface area contributed by atoms with E-state index in [-0.39, 0.29) is 0 Å². The summed E-state index contributed by atoms with van der Waals surface area (Å²) in [6.07, 6.45) is 0. The van der Waals surface area contributed by atoms with E-state index < -0.39 is 5.91 Å². The first-order valence-corrected chi connectivity index (χ1v) is 6.49. The average Bonchev–Trinajstić information content (AvgIpc) is 2.22. The molecule has 92 valence electrons. The highest BCUT2D eigenvalue weighted by Gasteiger charge is 2.24. The first kappa shape index (κ1) is 12.4. The standard InChI is InChI=1S/C12H16BrN3O/c1-2-16(9-6-15-7-9)8-3-4-10(12(14)17)11(13)5-8/h3-5,9,15H,2,6-7H2,1H3,(H2,14,17). The molecule has 1 aromatic rings. The van der Waals surface area contributed by atoms with Crippen LogP contribution in [0.15, 0.2) is 22.7 Å². The van der Waals surface area contributed by atoms with Gasteiger partial charge in [0.05, 0.1) is 11.6 Å². The van der Waals surface area contributed by atoms with Crippen molar-refractivity contribution in [1.82, 2.24) is 5.32 Å². The third kappa shape index (κ3) is 2.45. The van der Waals surface area contributed by atoms with Crippen LogP contribution < -0.4 is 16.0 Å². The summed E-state index contributed by atoms with van der Waals surface area (Å²) in [5, 5.41) is 3.26. The molecule has 3 N–H and O–H groups in total. The summed E-state index contributed by atoms with van der Waals surface area (Å²) < 4.78 is 0.758. The number of carbonyl (C=O) groups is 1. The number of anilines is 1. The molecule has 5 heteroatoms. The first-order valence-electron chi connectivity index (χ1n) is 5.70. The van der Waals surface area contributed by atoms with E-state index >= 15 is 0 Å². The van der Waals surface area contributed by atoms with Crippen molar-refractivity contribution < 1.29 is 4.79 Å². The van der Waals surface area contributed by atoms with Crippen molar-refractivity contribution in [3.63, 3.8) is 0 Å². The summed E-state index contributed by atoms with van der Waals surface area (Å²) in [6.45, 7) is 5.12. The third-order valence-electron chi connectivity index (χ3n) is 3.09. The number of benzene rings is 1. The van der Waals surface area contributed by atoms with E-state index in [0.717, 1.165) is 29.8 Å². The predicted molar refractivity (Wildman–Crippen MR) is 72.3 cm³/mol. The zero-order valence-corrected chi connectivity index (χ0v) is 11.3. The Morgan fingerprint density at radius 3 is 2.71 bits per heavy atom. The van der Waals surface area contributed by atoms with Gasteiger partial charge >= 0.3 is 0 Å². The van der Waals surface area contributed by atoms with Crippen molar-refractivity contribution in [2.24, 2.45) is 5.73 Å². The fourth-order valence-corrected chi connectivity index (χ4v) is 2.59. The van der Waals surface area contributed by atoms with Gasteiger partial charge in [0.1, 0.15) is 0 Å². The molecule has 1 saturated heterocycles. The lowest BCUT2D eigenvalue weighted by Gasteiger charge is -2.39. The molecule has 0 bridgehead atoms. The van der Waals surface area contributed by atoms with Gasteiger partial charge in [-0.3, -0.25) is 4.79 Å². The molecule has 0 aliphatic carbocycles. The Balaban J connectivity index is 2.26. The lowest BCUT2D eigenvalue weighted by Crippen LogP contribution is -2.57. The molecule has 1 aromatic carbocycles. The van der Waals surface area contributed by atoms with Gasteiger partial charge in [-0.15, -0.1) is 0 Å². The van der Waals surface area contributed by atoms with Gasteiger partial charge < -0.3 is 16.0 Å². The maximum absolute atomic E-state index is 11.1. The van der Waals surface area contributed by atoms with Crippen LogP contribution in [0.25, 0.3) is 0 Å². The molecular weight excluding hydrogens is 282 g/mol. The van der Waals surface area contributed by atoms with Crippen molar-refractivity contribution in [1.29, 1.82) is 0 Å². The number of hydrogen-bond acceptors (Lipinski definition) is 3. The number of rotatable bonds is 4.